The number of carbonyl (C=O) groups is 2. The predicted octanol–water partition coefficient (Wildman–Crippen LogP) is 1.05. The SMILES string of the molecule is CC=C(C)c1nc(C(N)=O)cc(N2CCCC2C(=O)O)n1. The van der Waals surface area contributed by atoms with Crippen molar-refractivity contribution in [1.29, 1.82) is 0 Å². The molecule has 0 bridgehead atoms. The third-order valence-electron chi connectivity index (χ3n) is 3.58. The van der Waals surface area contributed by atoms with Gasteiger partial charge in [0, 0.05) is 12.6 Å². The Balaban J connectivity index is 2.50. The summed E-state index contributed by atoms with van der Waals surface area (Å²) in [5, 5.41) is 9.26. The highest BCUT2D eigenvalue weighted by Crippen LogP contribution is 2.25. The number of primary amides is 1. The first kappa shape index (κ1) is 15.0. The summed E-state index contributed by atoms with van der Waals surface area (Å²) in [6, 6.07) is 0.829. The molecule has 0 aliphatic carbocycles. The van der Waals surface area contributed by atoms with E-state index in [1.54, 1.807) is 4.90 Å². The van der Waals surface area contributed by atoms with Crippen molar-refractivity contribution in [3.63, 3.8) is 0 Å². The lowest BCUT2D eigenvalue weighted by atomic mass is 10.2. The number of allylic oxidation sites excluding steroid dienone is 2. The van der Waals surface area contributed by atoms with Crippen LogP contribution in [0.1, 0.15) is 43.0 Å². The second-order valence-corrected chi connectivity index (χ2v) is 4.96. The average Bonchev–Trinajstić information content (AvgIpc) is 2.95. The maximum Gasteiger partial charge on any atom is 0.326 e. The number of rotatable bonds is 4. The van der Waals surface area contributed by atoms with Gasteiger partial charge in [-0.1, -0.05) is 6.08 Å². The molecule has 0 aromatic carbocycles. The zero-order chi connectivity index (χ0) is 15.6. The fraction of sp³-hybridized carbons (Fsp3) is 0.429. The van der Waals surface area contributed by atoms with Crippen molar-refractivity contribution < 1.29 is 14.7 Å². The van der Waals surface area contributed by atoms with E-state index in [0.29, 0.717) is 24.6 Å². The third kappa shape index (κ3) is 3.01. The van der Waals surface area contributed by atoms with Gasteiger partial charge in [-0.3, -0.25) is 4.79 Å². The van der Waals surface area contributed by atoms with E-state index in [1.165, 1.54) is 6.07 Å². The number of carboxylic acid groups (broad SMARTS) is 1. The van der Waals surface area contributed by atoms with E-state index in [1.807, 2.05) is 19.9 Å². The van der Waals surface area contributed by atoms with Crippen LogP contribution in [-0.2, 0) is 4.79 Å². The molecule has 1 aromatic heterocycles. The fourth-order valence-electron chi connectivity index (χ4n) is 2.31. The molecule has 0 saturated carbocycles. The first-order valence-corrected chi connectivity index (χ1v) is 6.75. The number of hydrogen-bond donors (Lipinski definition) is 2. The Morgan fingerprint density at radius 1 is 1.48 bits per heavy atom. The zero-order valence-corrected chi connectivity index (χ0v) is 12.0. The van der Waals surface area contributed by atoms with Gasteiger partial charge in [-0.05, 0) is 32.3 Å². The molecule has 7 heteroatoms. The van der Waals surface area contributed by atoms with E-state index < -0.39 is 17.9 Å². The summed E-state index contributed by atoms with van der Waals surface area (Å²) in [4.78, 5) is 32.9. The van der Waals surface area contributed by atoms with Crippen LogP contribution in [0.5, 0.6) is 0 Å². The monoisotopic (exact) mass is 290 g/mol. The van der Waals surface area contributed by atoms with Crippen LogP contribution in [0, 0.1) is 0 Å². The predicted molar refractivity (Wildman–Crippen MR) is 77.9 cm³/mol. The molecule has 112 valence electrons. The van der Waals surface area contributed by atoms with Crippen molar-refractivity contribution in [3.8, 4) is 0 Å². The quantitative estimate of drug-likeness (QED) is 0.857. The van der Waals surface area contributed by atoms with Crippen molar-refractivity contribution in [3.05, 3.63) is 23.7 Å². The molecule has 2 rings (SSSR count). The Hall–Kier alpha value is -2.44. The highest BCUT2D eigenvalue weighted by Gasteiger charge is 2.32. The van der Waals surface area contributed by atoms with Gasteiger partial charge in [-0.15, -0.1) is 0 Å². The number of carboxylic acids is 1. The first-order valence-electron chi connectivity index (χ1n) is 6.75. The zero-order valence-electron chi connectivity index (χ0n) is 12.0. The normalized spacial score (nSPS) is 18.9. The number of nitrogens with zero attached hydrogens (tertiary/aromatic N) is 3. The molecule has 3 N–H and O–H groups in total. The number of hydrogen-bond acceptors (Lipinski definition) is 5. The van der Waals surface area contributed by atoms with Crippen LogP contribution in [0.15, 0.2) is 12.1 Å². The van der Waals surface area contributed by atoms with Gasteiger partial charge in [0.05, 0.1) is 0 Å². The number of carbonyl (C=O) groups excluding carboxylic acids is 1. The first-order chi connectivity index (χ1) is 9.93. The molecule has 1 amide bonds. The Kier molecular flexibility index (Phi) is 4.21. The lowest BCUT2D eigenvalue weighted by Crippen LogP contribution is -2.37. The van der Waals surface area contributed by atoms with Gasteiger partial charge in [0.15, 0.2) is 5.82 Å². The molecule has 1 unspecified atom stereocenters. The van der Waals surface area contributed by atoms with E-state index in [0.717, 1.165) is 12.0 Å². The second-order valence-electron chi connectivity index (χ2n) is 4.96. The molecule has 21 heavy (non-hydrogen) atoms. The van der Waals surface area contributed by atoms with Crippen LogP contribution in [0.2, 0.25) is 0 Å². The molecule has 0 spiro atoms. The van der Waals surface area contributed by atoms with E-state index in [4.69, 9.17) is 5.73 Å². The number of anilines is 1. The maximum atomic E-state index is 11.4. The Morgan fingerprint density at radius 2 is 2.19 bits per heavy atom. The molecular formula is C14H18N4O3. The van der Waals surface area contributed by atoms with Gasteiger partial charge in [0.25, 0.3) is 5.91 Å². The van der Waals surface area contributed by atoms with Gasteiger partial charge in [0.1, 0.15) is 17.6 Å². The van der Waals surface area contributed by atoms with E-state index in [-0.39, 0.29) is 5.69 Å². The molecule has 0 radical (unpaired) electrons. The van der Waals surface area contributed by atoms with Crippen molar-refractivity contribution in [1.82, 2.24) is 9.97 Å². The van der Waals surface area contributed by atoms with Crippen LogP contribution in [-0.4, -0.2) is 39.5 Å². The van der Waals surface area contributed by atoms with Crippen molar-refractivity contribution >= 4 is 23.3 Å². The number of amides is 1. The van der Waals surface area contributed by atoms with E-state index in [9.17, 15) is 14.7 Å². The summed E-state index contributed by atoms with van der Waals surface area (Å²) >= 11 is 0. The lowest BCUT2D eigenvalue weighted by molar-refractivity contribution is -0.138. The Labute approximate surface area is 122 Å². The largest absolute Gasteiger partial charge is 0.480 e. The smallest absolute Gasteiger partial charge is 0.326 e. The molecule has 2 heterocycles. The van der Waals surface area contributed by atoms with Crippen LogP contribution >= 0.6 is 0 Å². The lowest BCUT2D eigenvalue weighted by Gasteiger charge is -2.23. The summed E-state index contributed by atoms with van der Waals surface area (Å²) in [5.74, 6) is -0.731. The second kappa shape index (κ2) is 5.90. The standard InChI is InChI=1S/C14H18N4O3/c1-3-8(2)13-16-9(12(15)19)7-11(17-13)18-6-4-5-10(18)14(20)21/h3,7,10H,4-6H2,1-2H3,(H2,15,19)(H,20,21). The van der Waals surface area contributed by atoms with Crippen molar-refractivity contribution in [2.45, 2.75) is 32.7 Å². The van der Waals surface area contributed by atoms with Crippen LogP contribution in [0.25, 0.3) is 5.57 Å². The van der Waals surface area contributed by atoms with Crippen molar-refractivity contribution in [2.75, 3.05) is 11.4 Å². The van der Waals surface area contributed by atoms with Crippen LogP contribution < -0.4 is 10.6 Å². The molecule has 1 saturated heterocycles. The van der Waals surface area contributed by atoms with E-state index >= 15 is 0 Å². The summed E-state index contributed by atoms with van der Waals surface area (Å²) in [6.07, 6.45) is 3.15. The van der Waals surface area contributed by atoms with Crippen LogP contribution in [0.3, 0.4) is 0 Å². The van der Waals surface area contributed by atoms with Gasteiger partial charge in [-0.2, -0.15) is 0 Å². The average molecular weight is 290 g/mol. The topological polar surface area (TPSA) is 109 Å². The van der Waals surface area contributed by atoms with Crippen LogP contribution in [0.4, 0.5) is 5.82 Å². The maximum absolute atomic E-state index is 11.4. The Morgan fingerprint density at radius 3 is 2.76 bits per heavy atom. The number of nitrogens with two attached hydrogens (primary N) is 1. The minimum Gasteiger partial charge on any atom is -0.480 e. The molecular weight excluding hydrogens is 272 g/mol. The Bertz CT molecular complexity index is 612. The summed E-state index contributed by atoms with van der Waals surface area (Å²) in [6.45, 7) is 4.24. The summed E-state index contributed by atoms with van der Waals surface area (Å²) < 4.78 is 0. The molecule has 1 atom stereocenters. The van der Waals surface area contributed by atoms with Gasteiger partial charge < -0.3 is 15.7 Å². The summed E-state index contributed by atoms with van der Waals surface area (Å²) in [7, 11) is 0. The van der Waals surface area contributed by atoms with Gasteiger partial charge >= 0.3 is 5.97 Å². The van der Waals surface area contributed by atoms with Gasteiger partial charge in [0.2, 0.25) is 0 Å². The molecule has 7 nitrogen and oxygen atoms in total. The molecule has 1 aliphatic heterocycles. The minimum absolute atomic E-state index is 0.0900. The molecule has 1 aromatic rings. The van der Waals surface area contributed by atoms with E-state index in [2.05, 4.69) is 9.97 Å². The highest BCUT2D eigenvalue weighted by atomic mass is 16.4. The summed E-state index contributed by atoms with van der Waals surface area (Å²) in [5.41, 5.74) is 6.19. The van der Waals surface area contributed by atoms with Gasteiger partial charge in [-0.25, -0.2) is 14.8 Å². The molecule has 1 aliphatic rings. The number of aliphatic carboxylic acids is 1. The minimum atomic E-state index is -0.893. The number of aromatic nitrogens is 2. The third-order valence-corrected chi connectivity index (χ3v) is 3.58. The highest BCUT2D eigenvalue weighted by molar-refractivity contribution is 5.92. The van der Waals surface area contributed by atoms with Crippen molar-refractivity contribution in [2.24, 2.45) is 5.73 Å². The fourth-order valence-corrected chi connectivity index (χ4v) is 2.31. The molecule has 1 fully saturated rings.